The number of para-hydroxylation sites is 2. The minimum absolute atomic E-state index is 0.0853. The van der Waals surface area contributed by atoms with Gasteiger partial charge in [0.2, 0.25) is 0 Å². The first-order chi connectivity index (χ1) is 10.2. The summed E-state index contributed by atoms with van der Waals surface area (Å²) in [5.74, 6) is 2.23. The number of hydrogen-bond acceptors (Lipinski definition) is 3. The van der Waals surface area contributed by atoms with Crippen LogP contribution in [-0.2, 0) is 4.43 Å². The van der Waals surface area contributed by atoms with Crippen molar-refractivity contribution in [2.24, 2.45) is 0 Å². The van der Waals surface area contributed by atoms with Crippen molar-refractivity contribution >= 4 is 8.32 Å². The van der Waals surface area contributed by atoms with Crippen LogP contribution in [0.2, 0.25) is 18.1 Å². The quantitative estimate of drug-likeness (QED) is 0.555. The number of rotatable bonds is 5. The molecule has 0 aromatic heterocycles. The molecule has 1 unspecified atom stereocenters. The molecule has 0 amide bonds. The van der Waals surface area contributed by atoms with Gasteiger partial charge in [-0.25, -0.2) is 0 Å². The molecule has 2 rings (SSSR count). The Bertz CT molecular complexity index is 531. The molecule has 1 aliphatic rings. The molecule has 4 heteroatoms. The summed E-state index contributed by atoms with van der Waals surface area (Å²) in [6.07, 6.45) is 1.72. The van der Waals surface area contributed by atoms with E-state index in [0.717, 1.165) is 30.9 Å². The molecule has 0 N–H and O–H groups in total. The highest BCUT2D eigenvalue weighted by Crippen LogP contribution is 2.37. The monoisotopic (exact) mass is 320 g/mol. The van der Waals surface area contributed by atoms with E-state index in [-0.39, 0.29) is 11.1 Å². The largest absolute Gasteiger partial charge is 0.479 e. The van der Waals surface area contributed by atoms with Gasteiger partial charge >= 0.3 is 0 Å². The average Bonchev–Trinajstić information content (AvgIpc) is 2.42. The summed E-state index contributed by atoms with van der Waals surface area (Å²) in [5, 5.41) is 0.250. The van der Waals surface area contributed by atoms with E-state index in [0.29, 0.717) is 5.76 Å². The van der Waals surface area contributed by atoms with Crippen molar-refractivity contribution in [2.75, 3.05) is 6.61 Å². The van der Waals surface area contributed by atoms with Crippen LogP contribution in [0.4, 0.5) is 0 Å². The molecule has 0 radical (unpaired) electrons. The van der Waals surface area contributed by atoms with E-state index < -0.39 is 8.32 Å². The topological polar surface area (TPSA) is 27.7 Å². The molecule has 0 saturated heterocycles. The Morgan fingerprint density at radius 2 is 1.82 bits per heavy atom. The summed E-state index contributed by atoms with van der Waals surface area (Å²) in [5.41, 5.74) is 0. The van der Waals surface area contributed by atoms with Gasteiger partial charge < -0.3 is 13.9 Å². The van der Waals surface area contributed by atoms with Gasteiger partial charge in [0, 0.05) is 6.61 Å². The predicted octanol–water partition coefficient (Wildman–Crippen LogP) is 5.14. The smallest absolute Gasteiger partial charge is 0.191 e. The number of ether oxygens (including phenoxy) is 2. The van der Waals surface area contributed by atoms with Crippen LogP contribution in [0.15, 0.2) is 36.6 Å². The Balaban J connectivity index is 1.82. The van der Waals surface area contributed by atoms with E-state index >= 15 is 0 Å². The van der Waals surface area contributed by atoms with Crippen molar-refractivity contribution in [3.63, 3.8) is 0 Å². The molecule has 0 aliphatic carbocycles. The third-order valence-corrected chi connectivity index (χ3v) is 9.14. The second kappa shape index (κ2) is 6.47. The molecule has 22 heavy (non-hydrogen) atoms. The Hall–Kier alpha value is -1.26. The lowest BCUT2D eigenvalue weighted by Crippen LogP contribution is -2.41. The third-order valence-electron chi connectivity index (χ3n) is 4.60. The fraction of sp³-hybridized carbons (Fsp3) is 0.556. The third kappa shape index (κ3) is 3.93. The van der Waals surface area contributed by atoms with Crippen LogP contribution in [0.5, 0.6) is 11.5 Å². The van der Waals surface area contributed by atoms with E-state index in [1.54, 1.807) is 0 Å². The molecular formula is C18H28O3Si. The Morgan fingerprint density at radius 3 is 2.45 bits per heavy atom. The molecule has 122 valence electrons. The summed E-state index contributed by atoms with van der Waals surface area (Å²) >= 11 is 0. The van der Waals surface area contributed by atoms with Crippen molar-refractivity contribution in [3.05, 3.63) is 36.6 Å². The highest BCUT2D eigenvalue weighted by molar-refractivity contribution is 6.74. The number of benzene rings is 1. The fourth-order valence-corrected chi connectivity index (χ4v) is 3.18. The highest BCUT2D eigenvalue weighted by atomic mass is 28.4. The van der Waals surface area contributed by atoms with Crippen molar-refractivity contribution in [3.8, 4) is 11.5 Å². The molecule has 0 saturated carbocycles. The lowest BCUT2D eigenvalue weighted by Gasteiger charge is -2.36. The molecular weight excluding hydrogens is 292 g/mol. The van der Waals surface area contributed by atoms with Crippen molar-refractivity contribution in [2.45, 2.75) is 57.8 Å². The minimum Gasteiger partial charge on any atom is -0.479 e. The van der Waals surface area contributed by atoms with E-state index in [9.17, 15) is 0 Å². The van der Waals surface area contributed by atoms with E-state index in [2.05, 4.69) is 40.4 Å². The summed E-state index contributed by atoms with van der Waals surface area (Å²) in [4.78, 5) is 0. The molecule has 0 fully saturated rings. The van der Waals surface area contributed by atoms with Gasteiger partial charge in [-0.2, -0.15) is 0 Å². The van der Waals surface area contributed by atoms with Gasteiger partial charge in [-0.05, 0) is 43.1 Å². The summed E-state index contributed by atoms with van der Waals surface area (Å²) < 4.78 is 17.9. The molecule has 0 bridgehead atoms. The first kappa shape index (κ1) is 17.1. The van der Waals surface area contributed by atoms with Gasteiger partial charge in [0.05, 0.1) is 0 Å². The number of hydrogen-bond donors (Lipinski definition) is 0. The molecule has 1 heterocycles. The maximum Gasteiger partial charge on any atom is 0.191 e. The molecule has 0 spiro atoms. The van der Waals surface area contributed by atoms with E-state index in [1.165, 1.54) is 0 Å². The number of fused-ring (bicyclic) bond motifs is 1. The fourth-order valence-electron chi connectivity index (χ4n) is 2.09. The molecule has 1 atom stereocenters. The minimum atomic E-state index is -1.66. The normalized spacial score (nSPS) is 18.4. The first-order valence-corrected chi connectivity index (χ1v) is 10.9. The molecule has 3 nitrogen and oxygen atoms in total. The Kier molecular flexibility index (Phi) is 5.02. The molecule has 1 aliphatic heterocycles. The standard InChI is InChI=1S/C18H28O3Si/c1-14-15(21-17-11-8-7-10-16(17)20-14)12-9-13-19-22(5,6)18(2,3)4/h7-8,10-11,15H,1,9,12-13H2,2-6H3. The Labute approximate surface area is 135 Å². The van der Waals surface area contributed by atoms with Crippen LogP contribution < -0.4 is 9.47 Å². The van der Waals surface area contributed by atoms with Crippen molar-refractivity contribution < 1.29 is 13.9 Å². The maximum absolute atomic E-state index is 6.20. The lowest BCUT2D eigenvalue weighted by molar-refractivity contribution is 0.132. The second-order valence-electron chi connectivity index (χ2n) is 7.37. The van der Waals surface area contributed by atoms with Gasteiger partial charge in [0.1, 0.15) is 5.76 Å². The van der Waals surface area contributed by atoms with Gasteiger partial charge in [-0.3, -0.25) is 0 Å². The van der Waals surface area contributed by atoms with Gasteiger partial charge in [-0.15, -0.1) is 0 Å². The Morgan fingerprint density at radius 1 is 1.18 bits per heavy atom. The zero-order valence-corrected chi connectivity index (χ0v) is 15.4. The lowest BCUT2D eigenvalue weighted by atomic mass is 10.1. The van der Waals surface area contributed by atoms with Crippen molar-refractivity contribution in [1.82, 2.24) is 0 Å². The zero-order chi connectivity index (χ0) is 16.4. The van der Waals surface area contributed by atoms with Gasteiger partial charge in [0.25, 0.3) is 0 Å². The molecule has 1 aromatic carbocycles. The summed E-state index contributed by atoms with van der Waals surface area (Å²) in [6.45, 7) is 16.1. The van der Waals surface area contributed by atoms with Gasteiger partial charge in [0.15, 0.2) is 25.9 Å². The van der Waals surface area contributed by atoms with Crippen LogP contribution in [0.3, 0.4) is 0 Å². The first-order valence-electron chi connectivity index (χ1n) is 7.97. The highest BCUT2D eigenvalue weighted by Gasteiger charge is 2.37. The van der Waals surface area contributed by atoms with E-state index in [4.69, 9.17) is 13.9 Å². The SMILES string of the molecule is C=C1Oc2ccccc2OC1CCCO[Si](C)(C)C(C)(C)C. The average molecular weight is 321 g/mol. The summed E-state index contributed by atoms with van der Waals surface area (Å²) in [7, 11) is -1.66. The zero-order valence-electron chi connectivity index (χ0n) is 14.4. The van der Waals surface area contributed by atoms with E-state index in [1.807, 2.05) is 24.3 Å². The van der Waals surface area contributed by atoms with Crippen LogP contribution in [0, 0.1) is 0 Å². The second-order valence-corrected chi connectivity index (χ2v) is 12.2. The van der Waals surface area contributed by atoms with Crippen LogP contribution in [-0.4, -0.2) is 21.0 Å². The van der Waals surface area contributed by atoms with Crippen LogP contribution in [0.25, 0.3) is 0 Å². The summed E-state index contributed by atoms with van der Waals surface area (Å²) in [6, 6.07) is 7.72. The van der Waals surface area contributed by atoms with Crippen LogP contribution in [0.1, 0.15) is 33.6 Å². The van der Waals surface area contributed by atoms with Gasteiger partial charge in [-0.1, -0.05) is 39.5 Å². The maximum atomic E-state index is 6.20. The predicted molar refractivity (Wildman–Crippen MR) is 93.0 cm³/mol. The van der Waals surface area contributed by atoms with Crippen molar-refractivity contribution in [1.29, 1.82) is 0 Å². The van der Waals surface area contributed by atoms with Crippen LogP contribution >= 0.6 is 0 Å². The molecule has 1 aromatic rings.